The van der Waals surface area contributed by atoms with Gasteiger partial charge in [0.25, 0.3) is 0 Å². The van der Waals surface area contributed by atoms with E-state index in [1.165, 1.54) is 6.07 Å². The van der Waals surface area contributed by atoms with Crippen molar-refractivity contribution in [1.82, 2.24) is 9.55 Å². The third-order valence-corrected chi connectivity index (χ3v) is 2.68. The van der Waals surface area contributed by atoms with E-state index in [-0.39, 0.29) is 11.9 Å². The second-order valence-electron chi connectivity index (χ2n) is 4.27. The summed E-state index contributed by atoms with van der Waals surface area (Å²) in [6.07, 6.45) is 4.07. The Labute approximate surface area is 100 Å². The highest BCUT2D eigenvalue weighted by Crippen LogP contribution is 2.21. The van der Waals surface area contributed by atoms with Crippen LogP contribution in [0.15, 0.2) is 30.6 Å². The van der Waals surface area contributed by atoms with Crippen LogP contribution in [0.4, 0.5) is 4.39 Å². The molecule has 2 aromatic rings. The van der Waals surface area contributed by atoms with Crippen LogP contribution in [0.1, 0.15) is 18.3 Å². The topological polar surface area (TPSA) is 43.8 Å². The Kier molecular flexibility index (Phi) is 3.24. The maximum Gasteiger partial charge on any atom is 0.147 e. The number of rotatable bonds is 3. The summed E-state index contributed by atoms with van der Waals surface area (Å²) in [4.78, 5) is 4.12. The highest BCUT2D eigenvalue weighted by molar-refractivity contribution is 5.43. The van der Waals surface area contributed by atoms with Crippen molar-refractivity contribution < 1.29 is 4.39 Å². The van der Waals surface area contributed by atoms with Gasteiger partial charge in [0.15, 0.2) is 0 Å². The van der Waals surface area contributed by atoms with E-state index in [9.17, 15) is 4.39 Å². The molecule has 3 nitrogen and oxygen atoms in total. The maximum atomic E-state index is 14.0. The number of hydrogen-bond donors (Lipinski definition) is 1. The van der Waals surface area contributed by atoms with Crippen molar-refractivity contribution in [2.75, 3.05) is 0 Å². The van der Waals surface area contributed by atoms with Gasteiger partial charge in [-0.15, -0.1) is 0 Å². The molecule has 0 amide bonds. The van der Waals surface area contributed by atoms with Gasteiger partial charge >= 0.3 is 0 Å². The van der Waals surface area contributed by atoms with E-state index < -0.39 is 0 Å². The monoisotopic (exact) mass is 233 g/mol. The first-order valence-electron chi connectivity index (χ1n) is 5.63. The fourth-order valence-corrected chi connectivity index (χ4v) is 1.96. The SMILES string of the molecule is Cc1nccn1-c1c(F)cccc1CC(C)N. The lowest BCUT2D eigenvalue weighted by atomic mass is 10.0. The number of aromatic nitrogens is 2. The molecule has 2 N–H and O–H groups in total. The molecule has 1 atom stereocenters. The summed E-state index contributed by atoms with van der Waals surface area (Å²) in [7, 11) is 0. The van der Waals surface area contributed by atoms with E-state index in [4.69, 9.17) is 5.73 Å². The zero-order valence-electron chi connectivity index (χ0n) is 10.0. The Morgan fingerprint density at radius 1 is 1.47 bits per heavy atom. The number of imidazole rings is 1. The van der Waals surface area contributed by atoms with Crippen molar-refractivity contribution in [2.45, 2.75) is 26.3 Å². The molecular formula is C13H16FN3. The average Bonchev–Trinajstić information content (AvgIpc) is 2.64. The lowest BCUT2D eigenvalue weighted by molar-refractivity contribution is 0.610. The van der Waals surface area contributed by atoms with Gasteiger partial charge in [0, 0.05) is 18.4 Å². The van der Waals surface area contributed by atoms with Crippen LogP contribution < -0.4 is 5.73 Å². The number of aryl methyl sites for hydroxylation is 1. The zero-order chi connectivity index (χ0) is 12.4. The Balaban J connectivity index is 2.55. The molecule has 0 saturated carbocycles. The van der Waals surface area contributed by atoms with Gasteiger partial charge in [-0.2, -0.15) is 0 Å². The number of halogens is 1. The third-order valence-electron chi connectivity index (χ3n) is 2.68. The lowest BCUT2D eigenvalue weighted by Gasteiger charge is -2.14. The fraction of sp³-hybridized carbons (Fsp3) is 0.308. The second kappa shape index (κ2) is 4.67. The number of nitrogens with two attached hydrogens (primary N) is 1. The molecule has 90 valence electrons. The molecule has 0 spiro atoms. The van der Waals surface area contributed by atoms with Gasteiger partial charge in [0.1, 0.15) is 11.6 Å². The number of hydrogen-bond acceptors (Lipinski definition) is 2. The highest BCUT2D eigenvalue weighted by atomic mass is 19.1. The molecule has 0 bridgehead atoms. The van der Waals surface area contributed by atoms with E-state index in [0.717, 1.165) is 11.4 Å². The molecule has 0 saturated heterocycles. The Morgan fingerprint density at radius 2 is 2.24 bits per heavy atom. The van der Waals surface area contributed by atoms with Crippen molar-refractivity contribution in [3.63, 3.8) is 0 Å². The standard InChI is InChI=1S/C13H16FN3/c1-9(15)8-11-4-3-5-12(14)13(11)17-7-6-16-10(17)2/h3-7,9H,8,15H2,1-2H3. The van der Waals surface area contributed by atoms with Gasteiger partial charge in [-0.25, -0.2) is 9.37 Å². The van der Waals surface area contributed by atoms with Crippen LogP contribution in [0.2, 0.25) is 0 Å². The molecule has 0 aliphatic carbocycles. The largest absolute Gasteiger partial charge is 0.328 e. The molecule has 1 aromatic heterocycles. The molecular weight excluding hydrogens is 217 g/mol. The smallest absolute Gasteiger partial charge is 0.147 e. The summed E-state index contributed by atoms with van der Waals surface area (Å²) in [6.45, 7) is 3.76. The van der Waals surface area contributed by atoms with Crippen molar-refractivity contribution in [3.8, 4) is 5.69 Å². The van der Waals surface area contributed by atoms with Crippen LogP contribution in [-0.2, 0) is 6.42 Å². The van der Waals surface area contributed by atoms with E-state index in [0.29, 0.717) is 12.1 Å². The summed E-state index contributed by atoms with van der Waals surface area (Å²) in [5.41, 5.74) is 7.25. The van der Waals surface area contributed by atoms with Crippen molar-refractivity contribution >= 4 is 0 Å². The molecule has 0 fully saturated rings. The van der Waals surface area contributed by atoms with E-state index in [1.54, 1.807) is 23.0 Å². The van der Waals surface area contributed by atoms with Crippen LogP contribution >= 0.6 is 0 Å². The predicted molar refractivity (Wildman–Crippen MR) is 65.6 cm³/mol. The third kappa shape index (κ3) is 2.36. The maximum absolute atomic E-state index is 14.0. The molecule has 0 radical (unpaired) electrons. The average molecular weight is 233 g/mol. The van der Waals surface area contributed by atoms with Crippen LogP contribution in [0, 0.1) is 12.7 Å². The zero-order valence-corrected chi connectivity index (χ0v) is 10.0. The van der Waals surface area contributed by atoms with Crippen molar-refractivity contribution in [2.24, 2.45) is 5.73 Å². The minimum Gasteiger partial charge on any atom is -0.328 e. The van der Waals surface area contributed by atoms with Crippen molar-refractivity contribution in [1.29, 1.82) is 0 Å². The number of benzene rings is 1. The van der Waals surface area contributed by atoms with E-state index in [1.807, 2.05) is 19.9 Å². The summed E-state index contributed by atoms with van der Waals surface area (Å²) in [6, 6.07) is 5.07. The van der Waals surface area contributed by atoms with Crippen LogP contribution in [0.25, 0.3) is 5.69 Å². The minimum atomic E-state index is -0.246. The second-order valence-corrected chi connectivity index (χ2v) is 4.27. The molecule has 1 unspecified atom stereocenters. The quantitative estimate of drug-likeness (QED) is 0.883. The van der Waals surface area contributed by atoms with Gasteiger partial charge in [-0.05, 0) is 31.9 Å². The number of para-hydroxylation sites is 1. The minimum absolute atomic E-state index is 0.000576. The molecule has 2 rings (SSSR count). The first-order valence-corrected chi connectivity index (χ1v) is 5.63. The molecule has 4 heteroatoms. The summed E-state index contributed by atoms with van der Waals surface area (Å²) in [5, 5.41) is 0. The van der Waals surface area contributed by atoms with Gasteiger partial charge in [0.2, 0.25) is 0 Å². The Morgan fingerprint density at radius 3 is 2.82 bits per heavy atom. The summed E-state index contributed by atoms with van der Waals surface area (Å²) >= 11 is 0. The van der Waals surface area contributed by atoms with Crippen LogP contribution in [0.5, 0.6) is 0 Å². The predicted octanol–water partition coefficient (Wildman–Crippen LogP) is 2.21. The first-order chi connectivity index (χ1) is 8.09. The van der Waals surface area contributed by atoms with Gasteiger partial charge in [-0.1, -0.05) is 12.1 Å². The molecule has 17 heavy (non-hydrogen) atoms. The fourth-order valence-electron chi connectivity index (χ4n) is 1.96. The summed E-state index contributed by atoms with van der Waals surface area (Å²) < 4.78 is 15.7. The van der Waals surface area contributed by atoms with Crippen LogP contribution in [-0.4, -0.2) is 15.6 Å². The van der Waals surface area contributed by atoms with E-state index >= 15 is 0 Å². The van der Waals surface area contributed by atoms with E-state index in [2.05, 4.69) is 4.98 Å². The molecule has 0 aliphatic rings. The van der Waals surface area contributed by atoms with Gasteiger partial charge < -0.3 is 10.3 Å². The van der Waals surface area contributed by atoms with Gasteiger partial charge in [-0.3, -0.25) is 0 Å². The first kappa shape index (κ1) is 11.8. The highest BCUT2D eigenvalue weighted by Gasteiger charge is 2.13. The van der Waals surface area contributed by atoms with Gasteiger partial charge in [0.05, 0.1) is 5.69 Å². The summed E-state index contributed by atoms with van der Waals surface area (Å²) in [5.74, 6) is 0.519. The van der Waals surface area contributed by atoms with Crippen LogP contribution in [0.3, 0.4) is 0 Å². The molecule has 1 aromatic carbocycles. The lowest BCUT2D eigenvalue weighted by Crippen LogP contribution is -2.19. The number of nitrogens with zero attached hydrogens (tertiary/aromatic N) is 2. The van der Waals surface area contributed by atoms with Crippen molar-refractivity contribution in [3.05, 3.63) is 47.8 Å². The molecule has 1 heterocycles. The normalized spacial score (nSPS) is 12.7. The molecule has 0 aliphatic heterocycles. The Bertz CT molecular complexity index is 517. The Hall–Kier alpha value is -1.68.